The van der Waals surface area contributed by atoms with Crippen LogP contribution in [0.1, 0.15) is 73.6 Å². The summed E-state index contributed by atoms with van der Waals surface area (Å²) in [5, 5.41) is 1.25. The van der Waals surface area contributed by atoms with Gasteiger partial charge >= 0.3 is 0 Å². The molecule has 1 saturated carbocycles. The van der Waals surface area contributed by atoms with Gasteiger partial charge in [-0.2, -0.15) is 0 Å². The van der Waals surface area contributed by atoms with Gasteiger partial charge in [-0.05, 0) is 84.0 Å². The Morgan fingerprint density at radius 2 is 1.78 bits per heavy atom. The summed E-state index contributed by atoms with van der Waals surface area (Å²) >= 11 is 0. The Morgan fingerprint density at radius 3 is 2.48 bits per heavy atom. The molecule has 1 heterocycles. The van der Waals surface area contributed by atoms with E-state index in [1.807, 2.05) is 6.33 Å². The van der Waals surface area contributed by atoms with Crippen molar-refractivity contribution in [3.63, 3.8) is 0 Å². The van der Waals surface area contributed by atoms with E-state index < -0.39 is 0 Å². The highest BCUT2D eigenvalue weighted by Crippen LogP contribution is 2.38. The molecule has 0 aliphatic heterocycles. The SMILES string of the molecule is Cc1cc(C2CCCC2)cc(-c2c3ccc(C(C)C)cc3nc[n+]2C)c1C. The first-order valence-corrected chi connectivity index (χ1v) is 10.4. The van der Waals surface area contributed by atoms with Crippen LogP contribution < -0.4 is 4.57 Å². The van der Waals surface area contributed by atoms with Crippen molar-refractivity contribution in [2.45, 2.75) is 65.2 Å². The van der Waals surface area contributed by atoms with Crippen molar-refractivity contribution >= 4 is 10.9 Å². The van der Waals surface area contributed by atoms with Gasteiger partial charge in [0.2, 0.25) is 0 Å². The van der Waals surface area contributed by atoms with Crippen LogP contribution in [0.25, 0.3) is 22.2 Å². The summed E-state index contributed by atoms with van der Waals surface area (Å²) in [4.78, 5) is 4.72. The fourth-order valence-corrected chi connectivity index (χ4v) is 4.57. The lowest BCUT2D eigenvalue weighted by atomic mass is 9.89. The van der Waals surface area contributed by atoms with Crippen molar-refractivity contribution < 1.29 is 4.57 Å². The fraction of sp³-hybridized carbons (Fsp3) is 0.440. The minimum atomic E-state index is 0.517. The maximum Gasteiger partial charge on any atom is 0.287 e. The lowest BCUT2D eigenvalue weighted by molar-refractivity contribution is -0.662. The van der Waals surface area contributed by atoms with Gasteiger partial charge in [0.25, 0.3) is 6.33 Å². The molecule has 2 nitrogen and oxygen atoms in total. The normalized spacial score (nSPS) is 15.2. The lowest BCUT2D eigenvalue weighted by Crippen LogP contribution is -2.32. The number of fused-ring (bicyclic) bond motifs is 1. The summed E-state index contributed by atoms with van der Waals surface area (Å²) in [7, 11) is 2.12. The van der Waals surface area contributed by atoms with Gasteiger partial charge in [-0.15, -0.1) is 0 Å². The number of hydrogen-bond donors (Lipinski definition) is 0. The molecule has 0 saturated heterocycles. The topological polar surface area (TPSA) is 16.8 Å². The van der Waals surface area contributed by atoms with Crippen molar-refractivity contribution in [1.29, 1.82) is 0 Å². The molecule has 4 rings (SSSR count). The Hall–Kier alpha value is -2.22. The minimum absolute atomic E-state index is 0.517. The van der Waals surface area contributed by atoms with E-state index in [1.165, 1.54) is 64.6 Å². The zero-order valence-electron chi connectivity index (χ0n) is 17.3. The molecule has 27 heavy (non-hydrogen) atoms. The van der Waals surface area contributed by atoms with Crippen LogP contribution in [0.3, 0.4) is 0 Å². The second-order valence-corrected chi connectivity index (χ2v) is 8.63. The molecule has 0 spiro atoms. The largest absolute Gasteiger partial charge is 0.287 e. The van der Waals surface area contributed by atoms with E-state index in [0.717, 1.165) is 11.4 Å². The van der Waals surface area contributed by atoms with E-state index in [0.29, 0.717) is 5.92 Å². The molecule has 2 aromatic carbocycles. The summed E-state index contributed by atoms with van der Waals surface area (Å²) in [6.07, 6.45) is 7.39. The molecule has 0 atom stereocenters. The Kier molecular flexibility index (Phi) is 4.75. The van der Waals surface area contributed by atoms with Gasteiger partial charge in [-0.1, -0.05) is 38.8 Å². The fourth-order valence-electron chi connectivity index (χ4n) is 4.57. The van der Waals surface area contributed by atoms with Gasteiger partial charge in [-0.3, -0.25) is 0 Å². The Balaban J connectivity index is 1.94. The zero-order valence-corrected chi connectivity index (χ0v) is 17.3. The molecular formula is C25H31N2+. The predicted molar refractivity (Wildman–Crippen MR) is 113 cm³/mol. The minimum Gasteiger partial charge on any atom is -0.232 e. The number of hydrogen-bond acceptors (Lipinski definition) is 1. The van der Waals surface area contributed by atoms with Crippen molar-refractivity contribution in [3.8, 4) is 11.3 Å². The Bertz CT molecular complexity index is 995. The molecule has 0 radical (unpaired) electrons. The summed E-state index contributed by atoms with van der Waals surface area (Å²) < 4.78 is 2.19. The van der Waals surface area contributed by atoms with E-state index in [1.54, 1.807) is 0 Å². The zero-order chi connectivity index (χ0) is 19.1. The third kappa shape index (κ3) is 3.26. The lowest BCUT2D eigenvalue weighted by Gasteiger charge is -2.17. The van der Waals surface area contributed by atoms with E-state index in [9.17, 15) is 0 Å². The molecule has 140 valence electrons. The Morgan fingerprint density at radius 1 is 1.04 bits per heavy atom. The molecule has 0 amide bonds. The smallest absolute Gasteiger partial charge is 0.232 e. The average Bonchev–Trinajstić information content (AvgIpc) is 3.18. The van der Waals surface area contributed by atoms with Crippen molar-refractivity contribution in [3.05, 3.63) is 58.9 Å². The van der Waals surface area contributed by atoms with Crippen LogP contribution in [0.15, 0.2) is 36.7 Å². The molecular weight excluding hydrogens is 328 g/mol. The monoisotopic (exact) mass is 359 g/mol. The standard InChI is InChI=1S/C25H31N2/c1-16(2)20-10-11-22-24(14-20)26-15-27(5)25(22)23-13-21(12-17(3)18(23)4)19-8-6-7-9-19/h10-16,19H,6-9H2,1-5H3/q+1. The van der Waals surface area contributed by atoms with Crippen LogP contribution in [0.5, 0.6) is 0 Å². The first-order valence-electron chi connectivity index (χ1n) is 10.4. The van der Waals surface area contributed by atoms with Crippen LogP contribution in [-0.2, 0) is 7.05 Å². The van der Waals surface area contributed by atoms with E-state index in [4.69, 9.17) is 4.98 Å². The summed E-state index contributed by atoms with van der Waals surface area (Å²) in [5.41, 5.74) is 9.40. The molecule has 1 aromatic heterocycles. The molecule has 0 bridgehead atoms. The van der Waals surface area contributed by atoms with Crippen molar-refractivity contribution in [1.82, 2.24) is 4.98 Å². The summed E-state index contributed by atoms with van der Waals surface area (Å²) in [6.45, 7) is 9.00. The number of aromatic nitrogens is 2. The molecule has 2 heteroatoms. The highest BCUT2D eigenvalue weighted by atomic mass is 15.0. The number of nitrogens with zero attached hydrogens (tertiary/aromatic N) is 2. The maximum atomic E-state index is 4.72. The predicted octanol–water partition coefficient (Wildman–Crippen LogP) is 6.12. The number of rotatable bonds is 3. The van der Waals surface area contributed by atoms with Gasteiger partial charge in [0.1, 0.15) is 5.69 Å². The van der Waals surface area contributed by atoms with Crippen LogP contribution in [0.4, 0.5) is 0 Å². The molecule has 1 aliphatic rings. The second kappa shape index (κ2) is 7.07. The van der Waals surface area contributed by atoms with Crippen LogP contribution in [0.2, 0.25) is 0 Å². The van der Waals surface area contributed by atoms with Gasteiger partial charge in [0.05, 0.1) is 12.4 Å². The second-order valence-electron chi connectivity index (χ2n) is 8.63. The first kappa shape index (κ1) is 18.2. The average molecular weight is 360 g/mol. The van der Waals surface area contributed by atoms with Gasteiger partial charge < -0.3 is 0 Å². The van der Waals surface area contributed by atoms with Gasteiger partial charge in [0.15, 0.2) is 5.52 Å². The Labute approximate surface area is 163 Å². The molecule has 1 aliphatic carbocycles. The summed E-state index contributed by atoms with van der Waals surface area (Å²) in [5.74, 6) is 1.25. The molecule has 3 aromatic rings. The number of aryl methyl sites for hydroxylation is 2. The van der Waals surface area contributed by atoms with Gasteiger partial charge in [0, 0.05) is 5.56 Å². The highest BCUT2D eigenvalue weighted by molar-refractivity contribution is 5.92. The molecule has 0 unspecified atom stereocenters. The number of benzene rings is 2. The third-order valence-corrected chi connectivity index (χ3v) is 6.44. The van der Waals surface area contributed by atoms with E-state index >= 15 is 0 Å². The van der Waals surface area contributed by atoms with Crippen LogP contribution >= 0.6 is 0 Å². The first-order chi connectivity index (χ1) is 13.0. The van der Waals surface area contributed by atoms with Gasteiger partial charge in [-0.25, -0.2) is 4.57 Å². The molecule has 0 N–H and O–H groups in total. The van der Waals surface area contributed by atoms with Crippen molar-refractivity contribution in [2.24, 2.45) is 7.05 Å². The van der Waals surface area contributed by atoms with Crippen LogP contribution in [-0.4, -0.2) is 4.98 Å². The quantitative estimate of drug-likeness (QED) is 0.514. The highest BCUT2D eigenvalue weighted by Gasteiger charge is 2.22. The van der Waals surface area contributed by atoms with Crippen molar-refractivity contribution in [2.75, 3.05) is 0 Å². The third-order valence-electron chi connectivity index (χ3n) is 6.44. The van der Waals surface area contributed by atoms with Crippen LogP contribution in [0, 0.1) is 13.8 Å². The molecule has 1 fully saturated rings. The summed E-state index contributed by atoms with van der Waals surface area (Å²) in [6, 6.07) is 11.7. The van der Waals surface area contributed by atoms with E-state index in [-0.39, 0.29) is 0 Å². The van der Waals surface area contributed by atoms with E-state index in [2.05, 4.69) is 69.6 Å². The maximum absolute atomic E-state index is 4.72.